The van der Waals surface area contributed by atoms with E-state index >= 15 is 0 Å². The Balaban J connectivity index is 1.98. The van der Waals surface area contributed by atoms with Crippen molar-refractivity contribution in [3.05, 3.63) is 61.9 Å². The number of hydrogen-bond acceptors (Lipinski definition) is 4. The Morgan fingerprint density at radius 1 is 1.14 bits per heavy atom. The SMILES string of the molecule is CC(C)CN1C(=O)/C(=C/c2cc(Cl)c(O)c(Cl)c2)SC1=Nc1ccc(Cl)cc1. The van der Waals surface area contributed by atoms with E-state index in [2.05, 4.69) is 4.99 Å². The molecule has 1 heterocycles. The van der Waals surface area contributed by atoms with Crippen molar-refractivity contribution in [1.82, 2.24) is 4.90 Å². The second kappa shape index (κ2) is 8.78. The third-order valence-electron chi connectivity index (χ3n) is 3.82. The molecule has 1 amide bonds. The molecule has 0 saturated carbocycles. The van der Waals surface area contributed by atoms with E-state index < -0.39 is 0 Å². The van der Waals surface area contributed by atoms with Crippen molar-refractivity contribution in [3.63, 3.8) is 0 Å². The van der Waals surface area contributed by atoms with Crippen molar-refractivity contribution >= 4 is 69.4 Å². The van der Waals surface area contributed by atoms with E-state index in [0.717, 1.165) is 0 Å². The van der Waals surface area contributed by atoms with Crippen molar-refractivity contribution < 1.29 is 9.90 Å². The molecule has 1 aliphatic heterocycles. The van der Waals surface area contributed by atoms with Gasteiger partial charge in [0.15, 0.2) is 10.9 Å². The van der Waals surface area contributed by atoms with E-state index in [1.54, 1.807) is 47.4 Å². The third kappa shape index (κ3) is 4.84. The minimum absolute atomic E-state index is 0.129. The summed E-state index contributed by atoms with van der Waals surface area (Å²) < 4.78 is 0. The number of benzene rings is 2. The van der Waals surface area contributed by atoms with Crippen LogP contribution in [-0.2, 0) is 4.79 Å². The number of rotatable bonds is 4. The molecule has 2 aromatic rings. The van der Waals surface area contributed by atoms with Crippen LogP contribution in [0.3, 0.4) is 0 Å². The molecule has 0 radical (unpaired) electrons. The maximum absolute atomic E-state index is 13.0. The van der Waals surface area contributed by atoms with E-state index in [1.165, 1.54) is 11.8 Å². The van der Waals surface area contributed by atoms with Crippen LogP contribution in [0.25, 0.3) is 6.08 Å². The maximum atomic E-state index is 13.0. The largest absolute Gasteiger partial charge is 0.505 e. The molecule has 0 spiro atoms. The van der Waals surface area contributed by atoms with Gasteiger partial charge in [0.25, 0.3) is 5.91 Å². The van der Waals surface area contributed by atoms with Crippen LogP contribution < -0.4 is 0 Å². The molecule has 1 aliphatic rings. The van der Waals surface area contributed by atoms with Crippen LogP contribution in [0.2, 0.25) is 15.1 Å². The minimum Gasteiger partial charge on any atom is -0.505 e. The summed E-state index contributed by atoms with van der Waals surface area (Å²) in [5.74, 6) is -0.0362. The Kier molecular flexibility index (Phi) is 6.61. The Morgan fingerprint density at radius 3 is 2.32 bits per heavy atom. The Labute approximate surface area is 182 Å². The van der Waals surface area contributed by atoms with Gasteiger partial charge in [0, 0.05) is 11.6 Å². The van der Waals surface area contributed by atoms with Crippen LogP contribution in [-0.4, -0.2) is 27.6 Å². The lowest BCUT2D eigenvalue weighted by molar-refractivity contribution is -0.122. The van der Waals surface area contributed by atoms with Crippen molar-refractivity contribution in [2.24, 2.45) is 10.9 Å². The summed E-state index contributed by atoms with van der Waals surface area (Å²) >= 11 is 19.2. The zero-order chi connectivity index (χ0) is 20.4. The molecule has 1 saturated heterocycles. The normalized spacial score (nSPS) is 17.4. The first kappa shape index (κ1) is 21.1. The van der Waals surface area contributed by atoms with Gasteiger partial charge >= 0.3 is 0 Å². The van der Waals surface area contributed by atoms with Crippen LogP contribution in [0.15, 0.2) is 46.3 Å². The number of carbonyl (C=O) groups is 1. The first-order chi connectivity index (χ1) is 13.2. The number of aromatic hydroxyl groups is 1. The predicted octanol–water partition coefficient (Wildman–Crippen LogP) is 6.61. The molecule has 4 nitrogen and oxygen atoms in total. The molecular formula is C20H17Cl3N2O2S. The topological polar surface area (TPSA) is 52.9 Å². The first-order valence-corrected chi connectivity index (χ1v) is 10.4. The number of nitrogens with zero attached hydrogens (tertiary/aromatic N) is 2. The van der Waals surface area contributed by atoms with Crippen LogP contribution in [0, 0.1) is 5.92 Å². The molecule has 1 N–H and O–H groups in total. The summed E-state index contributed by atoms with van der Waals surface area (Å²) in [5, 5.41) is 11.2. The summed E-state index contributed by atoms with van der Waals surface area (Å²) in [5.41, 5.74) is 1.34. The molecule has 0 aromatic heterocycles. The minimum atomic E-state index is -0.178. The maximum Gasteiger partial charge on any atom is 0.266 e. The fourth-order valence-electron chi connectivity index (χ4n) is 2.56. The quantitative estimate of drug-likeness (QED) is 0.528. The van der Waals surface area contributed by atoms with E-state index in [1.807, 2.05) is 13.8 Å². The standard InChI is InChI=1S/C20H17Cl3N2O2S/c1-11(2)10-25-19(27)17(9-12-7-15(22)18(26)16(23)8-12)28-20(25)24-14-5-3-13(21)4-6-14/h3-9,11,26H,10H2,1-2H3/b17-9-,24-20?. The van der Waals surface area contributed by atoms with Gasteiger partial charge in [0.05, 0.1) is 20.6 Å². The smallest absolute Gasteiger partial charge is 0.266 e. The molecule has 1 fully saturated rings. The van der Waals surface area contributed by atoms with Crippen molar-refractivity contribution in [3.8, 4) is 5.75 Å². The van der Waals surface area contributed by atoms with E-state index in [0.29, 0.717) is 32.9 Å². The second-order valence-electron chi connectivity index (χ2n) is 6.62. The zero-order valence-corrected chi connectivity index (χ0v) is 18.2. The molecule has 0 unspecified atom stereocenters. The monoisotopic (exact) mass is 454 g/mol. The molecule has 28 heavy (non-hydrogen) atoms. The zero-order valence-electron chi connectivity index (χ0n) is 15.1. The number of hydrogen-bond donors (Lipinski definition) is 1. The van der Waals surface area contributed by atoms with Gasteiger partial charge in [-0.2, -0.15) is 0 Å². The van der Waals surface area contributed by atoms with Gasteiger partial charge in [0.1, 0.15) is 0 Å². The van der Waals surface area contributed by atoms with Crippen molar-refractivity contribution in [2.75, 3.05) is 6.54 Å². The highest BCUT2D eigenvalue weighted by Crippen LogP contribution is 2.37. The Bertz CT molecular complexity index is 949. The molecule has 0 atom stereocenters. The second-order valence-corrected chi connectivity index (χ2v) is 8.88. The van der Waals surface area contributed by atoms with Gasteiger partial charge in [-0.05, 0) is 65.7 Å². The van der Waals surface area contributed by atoms with E-state index in [-0.39, 0.29) is 27.6 Å². The fraction of sp³-hybridized carbons (Fsp3) is 0.200. The number of amides is 1. The molecule has 0 aliphatic carbocycles. The van der Waals surface area contributed by atoms with Gasteiger partial charge in [0.2, 0.25) is 0 Å². The first-order valence-electron chi connectivity index (χ1n) is 8.48. The van der Waals surface area contributed by atoms with Crippen LogP contribution >= 0.6 is 46.6 Å². The molecule has 3 rings (SSSR count). The van der Waals surface area contributed by atoms with Gasteiger partial charge in [-0.3, -0.25) is 9.69 Å². The summed E-state index contributed by atoms with van der Waals surface area (Å²) in [7, 11) is 0. The van der Waals surface area contributed by atoms with Crippen LogP contribution in [0.1, 0.15) is 19.4 Å². The Hall–Kier alpha value is -1.66. The number of phenols is 1. The number of thioether (sulfide) groups is 1. The molecular weight excluding hydrogens is 439 g/mol. The summed E-state index contributed by atoms with van der Waals surface area (Å²) in [4.78, 5) is 19.7. The lowest BCUT2D eigenvalue weighted by Gasteiger charge is -2.17. The molecule has 2 aromatic carbocycles. The fourth-order valence-corrected chi connectivity index (χ4v) is 4.20. The van der Waals surface area contributed by atoms with Crippen LogP contribution in [0.4, 0.5) is 5.69 Å². The highest BCUT2D eigenvalue weighted by molar-refractivity contribution is 8.18. The van der Waals surface area contributed by atoms with E-state index in [4.69, 9.17) is 34.8 Å². The lowest BCUT2D eigenvalue weighted by atomic mass is 10.2. The molecule has 8 heteroatoms. The third-order valence-corrected chi connectivity index (χ3v) is 5.66. The summed E-state index contributed by atoms with van der Waals surface area (Å²) in [6.07, 6.45) is 1.70. The number of halogens is 3. The molecule has 0 bridgehead atoms. The van der Waals surface area contributed by atoms with Gasteiger partial charge in [-0.15, -0.1) is 0 Å². The average Bonchev–Trinajstić information content (AvgIpc) is 2.90. The van der Waals surface area contributed by atoms with Crippen LogP contribution in [0.5, 0.6) is 5.75 Å². The Morgan fingerprint density at radius 2 is 1.75 bits per heavy atom. The van der Waals surface area contributed by atoms with E-state index in [9.17, 15) is 9.90 Å². The van der Waals surface area contributed by atoms with Gasteiger partial charge < -0.3 is 5.11 Å². The van der Waals surface area contributed by atoms with Crippen molar-refractivity contribution in [1.29, 1.82) is 0 Å². The average molecular weight is 456 g/mol. The number of amidine groups is 1. The lowest BCUT2D eigenvalue weighted by Crippen LogP contribution is -2.32. The predicted molar refractivity (Wildman–Crippen MR) is 119 cm³/mol. The van der Waals surface area contributed by atoms with Gasteiger partial charge in [-0.25, -0.2) is 4.99 Å². The van der Waals surface area contributed by atoms with Crippen molar-refractivity contribution in [2.45, 2.75) is 13.8 Å². The number of phenolic OH excluding ortho intramolecular Hbond substituents is 1. The highest BCUT2D eigenvalue weighted by Gasteiger charge is 2.33. The van der Waals surface area contributed by atoms with Gasteiger partial charge in [-0.1, -0.05) is 48.7 Å². The molecule has 146 valence electrons. The summed E-state index contributed by atoms with van der Waals surface area (Å²) in [6, 6.07) is 10.2. The number of aliphatic imine (C=N–C) groups is 1. The highest BCUT2D eigenvalue weighted by atomic mass is 35.5. The number of carbonyl (C=O) groups excluding carboxylic acids is 1. The summed E-state index contributed by atoms with van der Waals surface area (Å²) in [6.45, 7) is 4.63.